The summed E-state index contributed by atoms with van der Waals surface area (Å²) in [6.45, 7) is 2.41. The van der Waals surface area contributed by atoms with Crippen molar-refractivity contribution in [3.63, 3.8) is 0 Å². The molecule has 0 saturated carbocycles. The molecule has 11 atom stereocenters. The molecule has 69 heavy (non-hydrogen) atoms. The largest absolute Gasteiger partial charge is 0.465 e. The average Bonchev–Trinajstić information content (AvgIpc) is 3.68. The van der Waals surface area contributed by atoms with E-state index in [1.165, 1.54) is 43.5 Å². The summed E-state index contributed by atoms with van der Waals surface area (Å²) in [6.07, 6.45) is -17.4. The summed E-state index contributed by atoms with van der Waals surface area (Å²) in [5, 5.41) is 0. The van der Waals surface area contributed by atoms with Crippen molar-refractivity contribution in [1.29, 1.82) is 0 Å². The number of fused-ring (bicyclic) bond motifs is 1. The van der Waals surface area contributed by atoms with Gasteiger partial charge in [0.25, 0.3) is 5.79 Å². The molecule has 3 aromatic carbocycles. The van der Waals surface area contributed by atoms with E-state index < -0.39 is 140 Å². The zero-order valence-electron chi connectivity index (χ0n) is 38.1. The smallest absolute Gasteiger partial charge is 0.417 e. The van der Waals surface area contributed by atoms with Gasteiger partial charge in [0, 0.05) is 34.8 Å². The van der Waals surface area contributed by atoms with Crippen LogP contribution < -0.4 is 0 Å². The van der Waals surface area contributed by atoms with Crippen LogP contribution in [0.5, 0.6) is 0 Å². The third-order valence-corrected chi connectivity index (χ3v) is 10.9. The number of carbonyl (C=O) groups excluding carboxylic acids is 9. The lowest BCUT2D eigenvalue weighted by Crippen LogP contribution is -2.68. The van der Waals surface area contributed by atoms with Crippen molar-refractivity contribution >= 4 is 53.8 Å². The number of imide groups is 1. The number of rotatable bonds is 17. The molecule has 0 spiro atoms. The Morgan fingerprint density at radius 2 is 1.19 bits per heavy atom. The van der Waals surface area contributed by atoms with Crippen molar-refractivity contribution in [3.05, 3.63) is 108 Å². The van der Waals surface area contributed by atoms with Gasteiger partial charge < -0.3 is 56.8 Å². The van der Waals surface area contributed by atoms with Crippen LogP contribution in [0.15, 0.2) is 91.0 Å². The number of ether oxygens (including phenoxy) is 12. The molecule has 0 aromatic heterocycles. The molecule has 2 amide bonds. The van der Waals surface area contributed by atoms with E-state index in [9.17, 15) is 43.2 Å². The molecule has 3 heterocycles. The molecule has 0 unspecified atom stereocenters. The van der Waals surface area contributed by atoms with Gasteiger partial charge in [-0.15, -0.1) is 0 Å². The van der Waals surface area contributed by atoms with Gasteiger partial charge in [0.1, 0.15) is 31.0 Å². The number of esters is 7. The van der Waals surface area contributed by atoms with E-state index in [1.807, 2.05) is 0 Å². The first-order valence-electron chi connectivity index (χ1n) is 21.3. The number of methoxy groups -OCH3 is 2. The molecule has 3 aromatic rings. The maximum atomic E-state index is 14.2. The highest BCUT2D eigenvalue weighted by Gasteiger charge is 2.65. The van der Waals surface area contributed by atoms with E-state index in [2.05, 4.69) is 0 Å². The molecule has 3 aliphatic rings. The highest BCUT2D eigenvalue weighted by molar-refractivity contribution is 5.93. The average molecular weight is 964 g/mol. The first-order valence-corrected chi connectivity index (χ1v) is 21.3. The van der Waals surface area contributed by atoms with Crippen LogP contribution in [0.4, 0.5) is 4.79 Å². The standard InChI is InChI=1S/C47H49NO21/c1-25(49)48-35-32(65-46(48)57)22-47(45(56)59-6,69-38(35)36(63-28(4)52)33(62-27(3)51)23-60-26(2)50)61-24-34-37(66-41(53)29-16-10-7-11-17-29)39(67-42(54)30-18-12-8-13-19-30)40(44(58-5)64-34)68-43(55)31-20-14-9-15-21-31/h7-21,32-40,44H,22-24H2,1-6H3/t32-,33+,34+,35+,36+,37-,38+,39-,40+,44+,47+/m0/s1. The molecule has 3 saturated heterocycles. The van der Waals surface area contributed by atoms with E-state index in [-0.39, 0.29) is 16.7 Å². The van der Waals surface area contributed by atoms with Gasteiger partial charge in [-0.3, -0.25) is 19.2 Å². The van der Waals surface area contributed by atoms with Crippen LogP contribution in [-0.2, 0) is 80.8 Å². The Bertz CT molecular complexity index is 2360. The van der Waals surface area contributed by atoms with Crippen LogP contribution in [0.1, 0.15) is 65.2 Å². The van der Waals surface area contributed by atoms with Crippen molar-refractivity contribution in [1.82, 2.24) is 4.90 Å². The quantitative estimate of drug-likeness (QED) is 0.139. The highest BCUT2D eigenvalue weighted by atomic mass is 16.8. The first kappa shape index (κ1) is 51.1. The number of nitrogens with zero attached hydrogens (tertiary/aromatic N) is 1. The molecule has 22 heteroatoms. The van der Waals surface area contributed by atoms with Crippen molar-refractivity contribution in [2.45, 2.75) is 101 Å². The van der Waals surface area contributed by atoms with Crippen LogP contribution in [-0.4, -0.2) is 153 Å². The zero-order valence-corrected chi connectivity index (χ0v) is 38.1. The van der Waals surface area contributed by atoms with Crippen molar-refractivity contribution in [2.24, 2.45) is 0 Å². The van der Waals surface area contributed by atoms with Crippen LogP contribution in [0.2, 0.25) is 0 Å². The fraction of sp³-hybridized carbons (Fsp3) is 0.426. The Balaban J connectivity index is 1.45. The zero-order chi connectivity index (χ0) is 50.0. The van der Waals surface area contributed by atoms with E-state index in [1.54, 1.807) is 54.6 Å². The Morgan fingerprint density at radius 3 is 1.65 bits per heavy atom. The summed E-state index contributed by atoms with van der Waals surface area (Å²) in [5.41, 5.74) is 0.151. The van der Waals surface area contributed by atoms with Gasteiger partial charge in [-0.25, -0.2) is 28.9 Å². The number of benzene rings is 3. The predicted octanol–water partition coefficient (Wildman–Crippen LogP) is 2.87. The van der Waals surface area contributed by atoms with Crippen LogP contribution in [0, 0.1) is 0 Å². The Hall–Kier alpha value is -7.27. The molecule has 6 rings (SSSR count). The van der Waals surface area contributed by atoms with Gasteiger partial charge in [0.05, 0.1) is 36.8 Å². The maximum Gasteiger partial charge on any atom is 0.417 e. The Morgan fingerprint density at radius 1 is 0.681 bits per heavy atom. The molecule has 0 bridgehead atoms. The van der Waals surface area contributed by atoms with Crippen LogP contribution >= 0.6 is 0 Å². The lowest BCUT2D eigenvalue weighted by atomic mass is 9.88. The molecule has 22 nitrogen and oxygen atoms in total. The van der Waals surface area contributed by atoms with Crippen molar-refractivity contribution < 1.29 is 100.0 Å². The molecule has 368 valence electrons. The molecule has 0 radical (unpaired) electrons. The van der Waals surface area contributed by atoms with Gasteiger partial charge in [-0.2, -0.15) is 0 Å². The highest BCUT2D eigenvalue weighted by Crippen LogP contribution is 2.43. The second-order valence-electron chi connectivity index (χ2n) is 15.7. The summed E-state index contributed by atoms with van der Waals surface area (Å²) in [6, 6.07) is 21.5. The summed E-state index contributed by atoms with van der Waals surface area (Å²) in [5.74, 6) is -10.6. The second-order valence-corrected chi connectivity index (χ2v) is 15.7. The fourth-order valence-corrected chi connectivity index (χ4v) is 7.98. The first-order chi connectivity index (χ1) is 33.0. The second kappa shape index (κ2) is 22.7. The molecule has 0 aliphatic carbocycles. The number of carbonyl (C=O) groups is 9. The summed E-state index contributed by atoms with van der Waals surface area (Å²) in [7, 11) is 2.14. The minimum atomic E-state index is -2.74. The van der Waals surface area contributed by atoms with E-state index >= 15 is 0 Å². The maximum absolute atomic E-state index is 14.2. The topological polar surface area (TPSA) is 268 Å². The fourth-order valence-electron chi connectivity index (χ4n) is 7.98. The molecule has 3 aliphatic heterocycles. The number of hydrogen-bond donors (Lipinski definition) is 0. The summed E-state index contributed by atoms with van der Waals surface area (Å²) >= 11 is 0. The SMILES string of the molecule is COC(=O)[C@@]1(OC[C@H]2O[C@@H](OC)[C@H](OC(=O)c3ccccc3)[C@@H](OC(=O)c3ccccc3)[C@H]2OC(=O)c2ccccc2)C[C@@H]2OC(=O)N(C(C)=O)[C@H]2[C@H]([C@H](OC(C)=O)[C@@H](COC(C)=O)OC(C)=O)O1. The number of amides is 2. The molecular weight excluding hydrogens is 915 g/mol. The lowest BCUT2D eigenvalue weighted by molar-refractivity contribution is -0.335. The molecular formula is C47H49NO21. The number of hydrogen-bond acceptors (Lipinski definition) is 21. The Labute approximate surface area is 394 Å². The third kappa shape index (κ3) is 12.1. The predicted molar refractivity (Wildman–Crippen MR) is 227 cm³/mol. The lowest BCUT2D eigenvalue weighted by Gasteiger charge is -2.48. The molecule has 3 fully saturated rings. The summed E-state index contributed by atoms with van der Waals surface area (Å²) < 4.78 is 69.7. The monoisotopic (exact) mass is 963 g/mol. The van der Waals surface area contributed by atoms with Crippen molar-refractivity contribution in [2.75, 3.05) is 27.4 Å². The molecule has 0 N–H and O–H groups in total. The van der Waals surface area contributed by atoms with Gasteiger partial charge in [-0.05, 0) is 36.4 Å². The van der Waals surface area contributed by atoms with Gasteiger partial charge >= 0.3 is 47.9 Å². The Kier molecular flexibility index (Phi) is 16.8. The van der Waals surface area contributed by atoms with E-state index in [4.69, 9.17) is 56.8 Å². The minimum Gasteiger partial charge on any atom is -0.465 e. The van der Waals surface area contributed by atoms with E-state index in [0.717, 1.165) is 34.8 Å². The van der Waals surface area contributed by atoms with Gasteiger partial charge in [0.2, 0.25) is 5.91 Å². The normalized spacial score (nSPS) is 25.8. The van der Waals surface area contributed by atoms with Crippen LogP contribution in [0.3, 0.4) is 0 Å². The third-order valence-electron chi connectivity index (χ3n) is 10.9. The minimum absolute atomic E-state index is 0.0261. The van der Waals surface area contributed by atoms with E-state index in [0.29, 0.717) is 4.90 Å². The van der Waals surface area contributed by atoms with Crippen LogP contribution in [0.25, 0.3) is 0 Å². The van der Waals surface area contributed by atoms with Gasteiger partial charge in [0.15, 0.2) is 36.8 Å². The van der Waals surface area contributed by atoms with Crippen molar-refractivity contribution in [3.8, 4) is 0 Å². The van der Waals surface area contributed by atoms with Gasteiger partial charge in [-0.1, -0.05) is 54.6 Å². The summed E-state index contributed by atoms with van der Waals surface area (Å²) in [4.78, 5) is 120.